The molecule has 0 rings (SSSR count). The molecule has 0 aromatic heterocycles. The third kappa shape index (κ3) is 7.92. The van der Waals surface area contributed by atoms with Crippen LogP contribution >= 0.6 is 0 Å². The minimum Gasteiger partial charge on any atom is -0.315 e. The molecule has 2 N–H and O–H groups in total. The van der Waals surface area contributed by atoms with Crippen LogP contribution in [0.25, 0.3) is 0 Å². The van der Waals surface area contributed by atoms with Crippen molar-refractivity contribution in [2.75, 3.05) is 19.6 Å². The molecule has 0 fully saturated rings. The van der Waals surface area contributed by atoms with Gasteiger partial charge >= 0.3 is 0 Å². The Kier molecular flexibility index (Phi) is 5.99. The Bertz CT molecular complexity index is 52.9. The smallest absolute Gasteiger partial charge is 0.00790 e. The summed E-state index contributed by atoms with van der Waals surface area (Å²) in [6.45, 7) is 10.8. The minimum absolute atomic E-state index is 0.594. The van der Waals surface area contributed by atoms with Crippen LogP contribution in [0.2, 0.25) is 0 Å². The van der Waals surface area contributed by atoms with Crippen molar-refractivity contribution in [2.24, 2.45) is 0 Å². The highest BCUT2D eigenvalue weighted by Gasteiger charge is 1.88. The van der Waals surface area contributed by atoms with Crippen molar-refractivity contribution in [2.45, 2.75) is 19.9 Å². The van der Waals surface area contributed by atoms with Crippen LogP contribution in [-0.4, -0.2) is 25.7 Å². The Morgan fingerprint density at radius 3 is 2.44 bits per heavy atom. The van der Waals surface area contributed by atoms with Gasteiger partial charge in [-0.1, -0.05) is 13.8 Å². The number of nitrogens with one attached hydrogen (secondary N) is 2. The average Bonchev–Trinajstić information content (AvgIpc) is 1.80. The van der Waals surface area contributed by atoms with E-state index in [0.717, 1.165) is 19.6 Å². The van der Waals surface area contributed by atoms with E-state index in [4.69, 9.17) is 0 Å². The van der Waals surface area contributed by atoms with Crippen molar-refractivity contribution in [3.8, 4) is 0 Å². The lowest BCUT2D eigenvalue weighted by atomic mass is 10.4. The zero-order chi connectivity index (χ0) is 7.11. The standard InChI is InChI=1S/C7H17N2/c1-4-8-5-6-9-7(2)3/h7-9H,1,4-6H2,2-3H3. The Morgan fingerprint density at radius 1 is 1.33 bits per heavy atom. The fourth-order valence-electron chi connectivity index (χ4n) is 0.574. The van der Waals surface area contributed by atoms with Crippen molar-refractivity contribution >= 4 is 0 Å². The molecule has 0 aromatic rings. The highest BCUT2D eigenvalue weighted by molar-refractivity contribution is 4.55. The summed E-state index contributed by atoms with van der Waals surface area (Å²) >= 11 is 0. The predicted molar refractivity (Wildman–Crippen MR) is 41.4 cm³/mol. The van der Waals surface area contributed by atoms with Crippen LogP contribution in [0.5, 0.6) is 0 Å². The van der Waals surface area contributed by atoms with Crippen LogP contribution in [0, 0.1) is 6.92 Å². The van der Waals surface area contributed by atoms with Gasteiger partial charge in [-0.05, 0) is 13.5 Å². The first-order chi connectivity index (χ1) is 4.27. The van der Waals surface area contributed by atoms with Gasteiger partial charge in [0.2, 0.25) is 0 Å². The fraction of sp³-hybridized carbons (Fsp3) is 0.857. The van der Waals surface area contributed by atoms with Crippen molar-refractivity contribution in [3.63, 3.8) is 0 Å². The van der Waals surface area contributed by atoms with E-state index in [0.29, 0.717) is 6.04 Å². The number of hydrogen-bond acceptors (Lipinski definition) is 2. The molecule has 2 heteroatoms. The van der Waals surface area contributed by atoms with Gasteiger partial charge in [0.25, 0.3) is 0 Å². The second-order valence-corrected chi connectivity index (χ2v) is 2.36. The molecular formula is C7H17N2. The molecule has 0 saturated carbocycles. The van der Waals surface area contributed by atoms with E-state index in [2.05, 4.69) is 31.4 Å². The summed E-state index contributed by atoms with van der Waals surface area (Å²) in [5, 5.41) is 6.42. The fourth-order valence-corrected chi connectivity index (χ4v) is 0.574. The molecule has 0 spiro atoms. The van der Waals surface area contributed by atoms with Crippen LogP contribution in [0.15, 0.2) is 0 Å². The van der Waals surface area contributed by atoms with Crippen LogP contribution in [0.1, 0.15) is 13.8 Å². The molecule has 0 atom stereocenters. The van der Waals surface area contributed by atoms with Gasteiger partial charge in [0.1, 0.15) is 0 Å². The number of hydrogen-bond donors (Lipinski definition) is 2. The lowest BCUT2D eigenvalue weighted by Crippen LogP contribution is -2.31. The molecule has 0 heterocycles. The summed E-state index contributed by atoms with van der Waals surface area (Å²) in [5.41, 5.74) is 0. The Balaban J connectivity index is 2.75. The van der Waals surface area contributed by atoms with Crippen LogP contribution in [0.4, 0.5) is 0 Å². The van der Waals surface area contributed by atoms with Gasteiger partial charge in [0.05, 0.1) is 0 Å². The highest BCUT2D eigenvalue weighted by atomic mass is 14.9. The summed E-state index contributed by atoms with van der Waals surface area (Å²) in [5.74, 6) is 0. The van der Waals surface area contributed by atoms with Gasteiger partial charge in [-0.2, -0.15) is 0 Å². The van der Waals surface area contributed by atoms with Gasteiger partial charge in [0, 0.05) is 19.1 Å². The van der Waals surface area contributed by atoms with E-state index in [-0.39, 0.29) is 0 Å². The molecule has 0 aromatic carbocycles. The second kappa shape index (κ2) is 6.05. The maximum atomic E-state index is 3.66. The predicted octanol–water partition coefficient (Wildman–Crippen LogP) is 0.408. The Hall–Kier alpha value is -0.0800. The molecule has 0 aliphatic rings. The first kappa shape index (κ1) is 8.92. The lowest BCUT2D eigenvalue weighted by Gasteiger charge is -2.06. The van der Waals surface area contributed by atoms with Gasteiger partial charge < -0.3 is 10.6 Å². The molecule has 0 saturated heterocycles. The first-order valence-electron chi connectivity index (χ1n) is 3.50. The van der Waals surface area contributed by atoms with Crippen LogP contribution in [-0.2, 0) is 0 Å². The zero-order valence-corrected chi connectivity index (χ0v) is 6.41. The Labute approximate surface area is 58.0 Å². The van der Waals surface area contributed by atoms with Crippen molar-refractivity contribution in [3.05, 3.63) is 6.92 Å². The molecule has 0 bridgehead atoms. The molecule has 9 heavy (non-hydrogen) atoms. The average molecular weight is 129 g/mol. The van der Waals surface area contributed by atoms with Crippen molar-refractivity contribution < 1.29 is 0 Å². The molecule has 0 aliphatic carbocycles. The normalized spacial score (nSPS) is 10.7. The van der Waals surface area contributed by atoms with E-state index < -0.39 is 0 Å². The zero-order valence-electron chi connectivity index (χ0n) is 6.41. The van der Waals surface area contributed by atoms with Crippen LogP contribution < -0.4 is 10.6 Å². The number of rotatable bonds is 5. The molecule has 1 radical (unpaired) electrons. The Morgan fingerprint density at radius 2 is 2.00 bits per heavy atom. The summed E-state index contributed by atoms with van der Waals surface area (Å²) in [7, 11) is 0. The molecular weight excluding hydrogens is 112 g/mol. The van der Waals surface area contributed by atoms with Gasteiger partial charge in [-0.25, -0.2) is 0 Å². The van der Waals surface area contributed by atoms with E-state index in [9.17, 15) is 0 Å². The minimum atomic E-state index is 0.594. The van der Waals surface area contributed by atoms with Crippen molar-refractivity contribution in [1.29, 1.82) is 0 Å². The summed E-state index contributed by atoms with van der Waals surface area (Å²) < 4.78 is 0. The van der Waals surface area contributed by atoms with E-state index >= 15 is 0 Å². The van der Waals surface area contributed by atoms with Crippen molar-refractivity contribution in [1.82, 2.24) is 10.6 Å². The quantitative estimate of drug-likeness (QED) is 0.525. The van der Waals surface area contributed by atoms with E-state index in [1.54, 1.807) is 0 Å². The topological polar surface area (TPSA) is 24.1 Å². The molecule has 0 aliphatic heterocycles. The molecule has 55 valence electrons. The van der Waals surface area contributed by atoms with Gasteiger partial charge in [0.15, 0.2) is 0 Å². The molecule has 0 amide bonds. The summed E-state index contributed by atoms with van der Waals surface area (Å²) in [4.78, 5) is 0. The first-order valence-corrected chi connectivity index (χ1v) is 3.50. The monoisotopic (exact) mass is 129 g/mol. The maximum Gasteiger partial charge on any atom is 0.00790 e. The summed E-state index contributed by atoms with van der Waals surface area (Å²) in [6, 6.07) is 0.594. The van der Waals surface area contributed by atoms with E-state index in [1.807, 2.05) is 0 Å². The van der Waals surface area contributed by atoms with Crippen LogP contribution in [0.3, 0.4) is 0 Å². The molecule has 0 unspecified atom stereocenters. The van der Waals surface area contributed by atoms with E-state index in [1.165, 1.54) is 0 Å². The van der Waals surface area contributed by atoms with Gasteiger partial charge in [-0.15, -0.1) is 0 Å². The third-order valence-corrected chi connectivity index (χ3v) is 1.03. The van der Waals surface area contributed by atoms with Gasteiger partial charge in [-0.3, -0.25) is 0 Å². The SMILES string of the molecule is [CH2]CNCCNC(C)C. The lowest BCUT2D eigenvalue weighted by molar-refractivity contribution is 0.567. The second-order valence-electron chi connectivity index (χ2n) is 2.36. The largest absolute Gasteiger partial charge is 0.315 e. The third-order valence-electron chi connectivity index (χ3n) is 1.03. The highest BCUT2D eigenvalue weighted by Crippen LogP contribution is 1.72. The molecule has 2 nitrogen and oxygen atoms in total. The summed E-state index contributed by atoms with van der Waals surface area (Å²) in [6.07, 6.45) is 0. The maximum absolute atomic E-state index is 3.66.